The minimum absolute atomic E-state index is 0.318. The molecule has 0 aliphatic carbocycles. The molecule has 1 aromatic rings. The maximum Gasteiger partial charge on any atom is 0.119 e. The molecule has 1 fully saturated rings. The van der Waals surface area contributed by atoms with Crippen LogP contribution in [0.2, 0.25) is 0 Å². The van der Waals surface area contributed by atoms with Crippen molar-refractivity contribution in [3.63, 3.8) is 0 Å². The topological polar surface area (TPSA) is 31.0 Å². The van der Waals surface area contributed by atoms with Crippen LogP contribution in [0.3, 0.4) is 0 Å². The van der Waals surface area contributed by atoms with Crippen molar-refractivity contribution in [2.24, 2.45) is 0 Å². The minimum Gasteiger partial charge on any atom is -0.491 e. The van der Waals surface area contributed by atoms with Gasteiger partial charge in [-0.2, -0.15) is 0 Å². The smallest absolute Gasteiger partial charge is 0.119 e. The van der Waals surface area contributed by atoms with Crippen LogP contribution in [0.4, 0.5) is 0 Å². The molecule has 15 heavy (non-hydrogen) atoms. The number of ether oxygens (including phenoxy) is 3. The Bertz CT molecular complexity index is 290. The zero-order valence-corrected chi connectivity index (χ0v) is 8.94. The van der Waals surface area contributed by atoms with Gasteiger partial charge in [-0.05, 0) is 24.1 Å². The van der Waals surface area contributed by atoms with E-state index < -0.39 is 0 Å². The zero-order valence-electron chi connectivity index (χ0n) is 8.94. The maximum atomic E-state index is 5.53. The Morgan fingerprint density at radius 2 is 2.07 bits per heavy atom. The van der Waals surface area contributed by atoms with Gasteiger partial charge in [0, 0.05) is 7.11 Å². The van der Waals surface area contributed by atoms with Gasteiger partial charge in [-0.1, -0.05) is 12.1 Å². The average molecular weight is 208 g/mol. The van der Waals surface area contributed by atoms with Crippen molar-refractivity contribution in [2.45, 2.75) is 12.5 Å². The quantitative estimate of drug-likeness (QED) is 0.666. The summed E-state index contributed by atoms with van der Waals surface area (Å²) in [5.41, 5.74) is 1.27. The summed E-state index contributed by atoms with van der Waals surface area (Å²) < 4.78 is 15.6. The van der Waals surface area contributed by atoms with Crippen LogP contribution < -0.4 is 4.74 Å². The Morgan fingerprint density at radius 1 is 1.33 bits per heavy atom. The highest BCUT2D eigenvalue weighted by Gasteiger charge is 2.22. The molecule has 82 valence electrons. The van der Waals surface area contributed by atoms with E-state index >= 15 is 0 Å². The number of methoxy groups -OCH3 is 1. The Morgan fingerprint density at radius 3 is 2.67 bits per heavy atom. The molecule has 2 rings (SSSR count). The summed E-state index contributed by atoms with van der Waals surface area (Å²) in [7, 11) is 1.72. The second-order valence-corrected chi connectivity index (χ2v) is 3.65. The summed E-state index contributed by atoms with van der Waals surface area (Å²) >= 11 is 0. The third-order valence-corrected chi connectivity index (χ3v) is 2.36. The molecule has 0 N–H and O–H groups in total. The lowest BCUT2D eigenvalue weighted by Crippen LogP contribution is -2.04. The summed E-state index contributed by atoms with van der Waals surface area (Å²) in [6.07, 6.45) is 1.26. The zero-order chi connectivity index (χ0) is 10.5. The number of rotatable bonds is 6. The fraction of sp³-hybridized carbons (Fsp3) is 0.500. The van der Waals surface area contributed by atoms with Gasteiger partial charge in [0.05, 0.1) is 13.2 Å². The first kappa shape index (κ1) is 10.5. The number of hydrogen-bond donors (Lipinski definition) is 0. The molecule has 1 saturated heterocycles. The summed E-state index contributed by atoms with van der Waals surface area (Å²) in [6, 6.07) is 8.13. The Labute approximate surface area is 90.0 Å². The van der Waals surface area contributed by atoms with Crippen LogP contribution in [0.1, 0.15) is 5.56 Å². The average Bonchev–Trinajstić information content (AvgIpc) is 3.09. The van der Waals surface area contributed by atoms with Gasteiger partial charge in [0.2, 0.25) is 0 Å². The Kier molecular flexibility index (Phi) is 3.59. The van der Waals surface area contributed by atoms with E-state index in [0.29, 0.717) is 12.7 Å². The van der Waals surface area contributed by atoms with Crippen molar-refractivity contribution in [1.82, 2.24) is 0 Å². The predicted molar refractivity (Wildman–Crippen MR) is 57.3 cm³/mol. The van der Waals surface area contributed by atoms with E-state index in [-0.39, 0.29) is 0 Å². The Balaban J connectivity index is 1.79. The van der Waals surface area contributed by atoms with Crippen LogP contribution in [0, 0.1) is 0 Å². The van der Waals surface area contributed by atoms with Gasteiger partial charge in [0.1, 0.15) is 18.5 Å². The molecule has 0 amide bonds. The molecule has 3 nitrogen and oxygen atoms in total. The molecule has 1 aliphatic heterocycles. The van der Waals surface area contributed by atoms with Crippen LogP contribution in [0.15, 0.2) is 24.3 Å². The van der Waals surface area contributed by atoms with Crippen molar-refractivity contribution in [3.8, 4) is 5.75 Å². The van der Waals surface area contributed by atoms with E-state index in [1.807, 2.05) is 12.1 Å². The van der Waals surface area contributed by atoms with E-state index in [1.165, 1.54) is 5.56 Å². The second-order valence-electron chi connectivity index (χ2n) is 3.65. The third-order valence-electron chi connectivity index (χ3n) is 2.36. The largest absolute Gasteiger partial charge is 0.491 e. The van der Waals surface area contributed by atoms with E-state index in [4.69, 9.17) is 14.2 Å². The van der Waals surface area contributed by atoms with Crippen molar-refractivity contribution in [3.05, 3.63) is 29.8 Å². The highest BCUT2D eigenvalue weighted by molar-refractivity contribution is 5.27. The Hall–Kier alpha value is -1.06. The molecule has 0 spiro atoms. The van der Waals surface area contributed by atoms with E-state index in [0.717, 1.165) is 25.4 Å². The molecule has 0 aromatic heterocycles. The van der Waals surface area contributed by atoms with Crippen LogP contribution >= 0.6 is 0 Å². The SMILES string of the molecule is COCCc1ccc(OC[C@@H]2CO2)cc1. The van der Waals surface area contributed by atoms with Crippen molar-refractivity contribution in [1.29, 1.82) is 0 Å². The normalized spacial score (nSPS) is 18.9. The molecule has 0 radical (unpaired) electrons. The number of epoxide rings is 1. The van der Waals surface area contributed by atoms with Crippen molar-refractivity contribution >= 4 is 0 Å². The lowest BCUT2D eigenvalue weighted by atomic mass is 10.1. The molecule has 1 aliphatic rings. The van der Waals surface area contributed by atoms with Crippen LogP contribution in [-0.4, -0.2) is 33.0 Å². The second kappa shape index (κ2) is 5.14. The van der Waals surface area contributed by atoms with E-state index in [1.54, 1.807) is 7.11 Å². The fourth-order valence-electron chi connectivity index (χ4n) is 1.33. The first-order chi connectivity index (χ1) is 7.38. The van der Waals surface area contributed by atoms with Gasteiger partial charge >= 0.3 is 0 Å². The predicted octanol–water partition coefficient (Wildman–Crippen LogP) is 1.65. The summed E-state index contributed by atoms with van der Waals surface area (Å²) in [5, 5.41) is 0. The molecule has 0 unspecified atom stereocenters. The first-order valence-electron chi connectivity index (χ1n) is 5.21. The van der Waals surface area contributed by atoms with E-state index in [9.17, 15) is 0 Å². The highest BCUT2D eigenvalue weighted by Crippen LogP contribution is 2.15. The van der Waals surface area contributed by atoms with Crippen LogP contribution in [-0.2, 0) is 15.9 Å². The highest BCUT2D eigenvalue weighted by atomic mass is 16.6. The number of benzene rings is 1. The molecule has 0 saturated carbocycles. The van der Waals surface area contributed by atoms with Gasteiger partial charge in [0.25, 0.3) is 0 Å². The van der Waals surface area contributed by atoms with Gasteiger partial charge in [-0.3, -0.25) is 0 Å². The molecule has 1 aromatic carbocycles. The van der Waals surface area contributed by atoms with Crippen molar-refractivity contribution < 1.29 is 14.2 Å². The fourth-order valence-corrected chi connectivity index (χ4v) is 1.33. The third kappa shape index (κ3) is 3.53. The summed E-state index contributed by atoms with van der Waals surface area (Å²) in [6.45, 7) is 2.26. The van der Waals surface area contributed by atoms with E-state index in [2.05, 4.69) is 12.1 Å². The summed E-state index contributed by atoms with van der Waals surface area (Å²) in [4.78, 5) is 0. The molecule has 0 bridgehead atoms. The van der Waals surface area contributed by atoms with Gasteiger partial charge in [0.15, 0.2) is 0 Å². The molecular weight excluding hydrogens is 192 g/mol. The van der Waals surface area contributed by atoms with Crippen LogP contribution in [0.25, 0.3) is 0 Å². The first-order valence-corrected chi connectivity index (χ1v) is 5.21. The van der Waals surface area contributed by atoms with Crippen molar-refractivity contribution in [2.75, 3.05) is 26.9 Å². The van der Waals surface area contributed by atoms with Crippen LogP contribution in [0.5, 0.6) is 5.75 Å². The van der Waals surface area contributed by atoms with Gasteiger partial charge in [-0.15, -0.1) is 0 Å². The summed E-state index contributed by atoms with van der Waals surface area (Å²) in [5.74, 6) is 0.909. The monoisotopic (exact) mass is 208 g/mol. The molecule has 1 heterocycles. The molecular formula is C12H16O3. The molecule has 1 atom stereocenters. The maximum absolute atomic E-state index is 5.53. The molecule has 3 heteroatoms. The number of hydrogen-bond acceptors (Lipinski definition) is 3. The van der Waals surface area contributed by atoms with Gasteiger partial charge in [-0.25, -0.2) is 0 Å². The lowest BCUT2D eigenvalue weighted by Gasteiger charge is -2.05. The van der Waals surface area contributed by atoms with Gasteiger partial charge < -0.3 is 14.2 Å². The lowest BCUT2D eigenvalue weighted by molar-refractivity contribution is 0.202. The minimum atomic E-state index is 0.318. The standard InChI is InChI=1S/C12H16O3/c1-13-7-6-10-2-4-11(5-3-10)14-8-12-9-15-12/h2-5,12H,6-9H2,1H3/t12-/m1/s1.